The number of aromatic nitrogens is 1. The van der Waals surface area contributed by atoms with Crippen molar-refractivity contribution in [1.29, 1.82) is 0 Å². The van der Waals surface area contributed by atoms with Gasteiger partial charge in [0.25, 0.3) is 0 Å². The molecule has 5 heteroatoms. The number of amides is 1. The zero-order valence-electron chi connectivity index (χ0n) is 12.5. The number of hydrogen-bond donors (Lipinski definition) is 4. The molecule has 5 N–H and O–H groups in total. The molecule has 0 bridgehead atoms. The zero-order valence-corrected chi connectivity index (χ0v) is 12.5. The Bertz CT molecular complexity index is 608. The third-order valence-electron chi connectivity index (χ3n) is 3.96. The summed E-state index contributed by atoms with van der Waals surface area (Å²) in [5.41, 5.74) is 8.08. The van der Waals surface area contributed by atoms with E-state index in [0.717, 1.165) is 16.5 Å². The van der Waals surface area contributed by atoms with Crippen LogP contribution in [0.5, 0.6) is 0 Å². The molecule has 1 heterocycles. The fraction of sp³-hybridized carbons (Fsp3) is 0.438. The quantitative estimate of drug-likeness (QED) is 0.643. The summed E-state index contributed by atoms with van der Waals surface area (Å²) in [5, 5.41) is 13.0. The number of carbonyl (C=O) groups excluding carboxylic acids is 1. The average Bonchev–Trinajstić information content (AvgIpc) is 2.89. The summed E-state index contributed by atoms with van der Waals surface area (Å²) >= 11 is 0. The van der Waals surface area contributed by atoms with E-state index in [2.05, 4.69) is 10.3 Å². The van der Waals surface area contributed by atoms with Crippen LogP contribution >= 0.6 is 0 Å². The van der Waals surface area contributed by atoms with Gasteiger partial charge in [-0.15, -0.1) is 0 Å². The fourth-order valence-electron chi connectivity index (χ4n) is 2.26. The van der Waals surface area contributed by atoms with E-state index in [0.29, 0.717) is 6.42 Å². The number of para-hydroxylation sites is 1. The second kappa shape index (κ2) is 6.74. The van der Waals surface area contributed by atoms with Crippen LogP contribution in [-0.4, -0.2) is 34.7 Å². The van der Waals surface area contributed by atoms with E-state index < -0.39 is 6.04 Å². The number of H-pyrrole nitrogens is 1. The zero-order chi connectivity index (χ0) is 15.4. The van der Waals surface area contributed by atoms with Gasteiger partial charge in [-0.25, -0.2) is 0 Å². The predicted octanol–water partition coefficient (Wildman–Crippen LogP) is 1.17. The van der Waals surface area contributed by atoms with Gasteiger partial charge < -0.3 is 21.1 Å². The molecule has 1 aromatic carbocycles. The maximum absolute atomic E-state index is 12.1. The number of fused-ring (bicyclic) bond motifs is 1. The van der Waals surface area contributed by atoms with Gasteiger partial charge in [0.05, 0.1) is 6.04 Å². The van der Waals surface area contributed by atoms with Crippen molar-refractivity contribution in [1.82, 2.24) is 10.3 Å². The summed E-state index contributed by atoms with van der Waals surface area (Å²) in [7, 11) is 0. The molecule has 0 aliphatic heterocycles. The van der Waals surface area contributed by atoms with Crippen LogP contribution in [0.15, 0.2) is 30.5 Å². The van der Waals surface area contributed by atoms with Crippen LogP contribution in [0.1, 0.15) is 19.4 Å². The average molecular weight is 289 g/mol. The van der Waals surface area contributed by atoms with Gasteiger partial charge in [-0.3, -0.25) is 4.79 Å². The fourth-order valence-corrected chi connectivity index (χ4v) is 2.26. The summed E-state index contributed by atoms with van der Waals surface area (Å²) in [4.78, 5) is 15.3. The second-order valence-electron chi connectivity index (χ2n) is 5.63. The molecular formula is C16H23N3O2. The molecule has 0 aliphatic carbocycles. The van der Waals surface area contributed by atoms with Crippen molar-refractivity contribution >= 4 is 16.8 Å². The third kappa shape index (κ3) is 3.62. The Hall–Kier alpha value is -1.85. The molecular weight excluding hydrogens is 266 g/mol. The number of aromatic amines is 1. The Balaban J connectivity index is 2.00. The van der Waals surface area contributed by atoms with Crippen LogP contribution in [0.3, 0.4) is 0 Å². The Morgan fingerprint density at radius 1 is 1.38 bits per heavy atom. The molecule has 0 spiro atoms. The van der Waals surface area contributed by atoms with Gasteiger partial charge in [-0.1, -0.05) is 25.1 Å². The van der Waals surface area contributed by atoms with Crippen LogP contribution in [0.4, 0.5) is 0 Å². The lowest BCUT2D eigenvalue weighted by atomic mass is 10.0. The third-order valence-corrected chi connectivity index (χ3v) is 3.96. The molecule has 3 atom stereocenters. The van der Waals surface area contributed by atoms with E-state index in [1.807, 2.05) is 44.3 Å². The first-order chi connectivity index (χ1) is 10.0. The van der Waals surface area contributed by atoms with Gasteiger partial charge in [0.15, 0.2) is 0 Å². The van der Waals surface area contributed by atoms with Crippen molar-refractivity contribution in [3.05, 3.63) is 36.0 Å². The molecule has 2 rings (SSSR count). The molecule has 0 radical (unpaired) electrons. The van der Waals surface area contributed by atoms with E-state index in [1.54, 1.807) is 0 Å². The molecule has 2 unspecified atom stereocenters. The maximum Gasteiger partial charge on any atom is 0.237 e. The van der Waals surface area contributed by atoms with Crippen molar-refractivity contribution in [3.8, 4) is 0 Å². The van der Waals surface area contributed by atoms with Crippen molar-refractivity contribution in [2.24, 2.45) is 11.7 Å². The normalized spacial score (nSPS) is 15.6. The summed E-state index contributed by atoms with van der Waals surface area (Å²) in [6.07, 6.45) is 2.38. The standard InChI is InChI=1S/C16H23N3O2/c1-10(9-20)11(2)19-16(21)14(17)7-12-8-18-15-6-4-3-5-13(12)15/h3-6,8,10-11,14,18,20H,7,9,17H2,1-2H3,(H,19,21)/t10?,11?,14-/m1/s1. The van der Waals surface area contributed by atoms with E-state index in [1.165, 1.54) is 0 Å². The molecule has 21 heavy (non-hydrogen) atoms. The minimum Gasteiger partial charge on any atom is -0.396 e. The summed E-state index contributed by atoms with van der Waals surface area (Å²) < 4.78 is 0. The monoisotopic (exact) mass is 289 g/mol. The Labute approximate surface area is 124 Å². The summed E-state index contributed by atoms with van der Waals surface area (Å²) in [5.74, 6) is -0.178. The highest BCUT2D eigenvalue weighted by Gasteiger charge is 2.20. The first-order valence-electron chi connectivity index (χ1n) is 7.24. The van der Waals surface area contributed by atoms with Gasteiger partial charge in [-0.05, 0) is 30.9 Å². The van der Waals surface area contributed by atoms with E-state index in [4.69, 9.17) is 10.8 Å². The van der Waals surface area contributed by atoms with Crippen molar-refractivity contribution in [3.63, 3.8) is 0 Å². The topological polar surface area (TPSA) is 91.1 Å². The molecule has 0 aliphatic rings. The van der Waals surface area contributed by atoms with Crippen LogP contribution < -0.4 is 11.1 Å². The smallest absolute Gasteiger partial charge is 0.237 e. The minimum absolute atomic E-state index is 0.00855. The molecule has 114 valence electrons. The Kier molecular flexibility index (Phi) is 4.98. The highest BCUT2D eigenvalue weighted by atomic mass is 16.3. The lowest BCUT2D eigenvalue weighted by molar-refractivity contribution is -0.123. The van der Waals surface area contributed by atoms with Crippen molar-refractivity contribution < 1.29 is 9.90 Å². The number of aliphatic hydroxyl groups excluding tert-OH is 1. The van der Waals surface area contributed by atoms with E-state index in [-0.39, 0.29) is 24.5 Å². The summed E-state index contributed by atoms with van der Waals surface area (Å²) in [6, 6.07) is 7.25. The predicted molar refractivity (Wildman–Crippen MR) is 83.8 cm³/mol. The first-order valence-corrected chi connectivity index (χ1v) is 7.24. The lowest BCUT2D eigenvalue weighted by Crippen LogP contribution is -2.47. The van der Waals surface area contributed by atoms with Crippen LogP contribution in [0, 0.1) is 5.92 Å². The number of hydrogen-bond acceptors (Lipinski definition) is 3. The van der Waals surface area contributed by atoms with Crippen LogP contribution in [-0.2, 0) is 11.2 Å². The SMILES string of the molecule is CC(CO)C(C)NC(=O)[C@H](N)Cc1c[nH]c2ccccc12. The van der Waals surface area contributed by atoms with Gasteiger partial charge in [0, 0.05) is 29.7 Å². The molecule has 1 aromatic heterocycles. The van der Waals surface area contributed by atoms with E-state index >= 15 is 0 Å². The van der Waals surface area contributed by atoms with E-state index in [9.17, 15) is 4.79 Å². The molecule has 0 saturated carbocycles. The van der Waals surface area contributed by atoms with Crippen LogP contribution in [0.2, 0.25) is 0 Å². The largest absolute Gasteiger partial charge is 0.396 e. The highest BCUT2D eigenvalue weighted by Crippen LogP contribution is 2.18. The molecule has 2 aromatic rings. The summed E-state index contributed by atoms with van der Waals surface area (Å²) in [6.45, 7) is 3.80. The second-order valence-corrected chi connectivity index (χ2v) is 5.63. The molecule has 0 fully saturated rings. The molecule has 0 saturated heterocycles. The van der Waals surface area contributed by atoms with Crippen molar-refractivity contribution in [2.75, 3.05) is 6.61 Å². The number of rotatable bonds is 6. The number of carbonyl (C=O) groups is 1. The first kappa shape index (κ1) is 15.5. The van der Waals surface area contributed by atoms with Gasteiger partial charge in [0.1, 0.15) is 0 Å². The molecule has 5 nitrogen and oxygen atoms in total. The molecule has 1 amide bonds. The van der Waals surface area contributed by atoms with Gasteiger partial charge in [-0.2, -0.15) is 0 Å². The number of aliphatic hydroxyl groups is 1. The number of nitrogens with two attached hydrogens (primary N) is 1. The Morgan fingerprint density at radius 2 is 2.10 bits per heavy atom. The van der Waals surface area contributed by atoms with Crippen molar-refractivity contribution in [2.45, 2.75) is 32.4 Å². The number of nitrogens with one attached hydrogen (secondary N) is 2. The highest BCUT2D eigenvalue weighted by molar-refractivity contribution is 5.86. The minimum atomic E-state index is -0.599. The van der Waals surface area contributed by atoms with Crippen LogP contribution in [0.25, 0.3) is 10.9 Å². The Morgan fingerprint density at radius 3 is 2.81 bits per heavy atom. The van der Waals surface area contributed by atoms with Gasteiger partial charge in [0.2, 0.25) is 5.91 Å². The number of benzene rings is 1. The lowest BCUT2D eigenvalue weighted by Gasteiger charge is -2.21. The maximum atomic E-state index is 12.1. The van der Waals surface area contributed by atoms with Gasteiger partial charge >= 0.3 is 0 Å².